The highest BCUT2D eigenvalue weighted by Gasteiger charge is 2.02. The van der Waals surface area contributed by atoms with Gasteiger partial charge in [0, 0.05) is 0 Å². The standard InChI is InChI=1S/C10H9N3O4/c14-9(15)5-17-8-3-1-7(2-4-8)13-6-11-12-10(13)16/h1-4,6H,5H2,(H,12,16)(H,14,15). The lowest BCUT2D eigenvalue weighted by atomic mass is 10.3. The first-order valence-corrected chi connectivity index (χ1v) is 4.74. The monoisotopic (exact) mass is 235 g/mol. The molecule has 0 aliphatic rings. The van der Waals surface area contributed by atoms with E-state index in [2.05, 4.69) is 10.2 Å². The van der Waals surface area contributed by atoms with E-state index in [1.807, 2.05) is 0 Å². The minimum absolute atomic E-state index is 0.343. The summed E-state index contributed by atoms with van der Waals surface area (Å²) in [4.78, 5) is 21.5. The highest BCUT2D eigenvalue weighted by Crippen LogP contribution is 2.13. The lowest BCUT2D eigenvalue weighted by Crippen LogP contribution is -2.14. The second-order valence-electron chi connectivity index (χ2n) is 3.21. The van der Waals surface area contributed by atoms with Gasteiger partial charge in [-0.15, -0.1) is 0 Å². The number of aliphatic carboxylic acids is 1. The lowest BCUT2D eigenvalue weighted by Gasteiger charge is -2.04. The fraction of sp³-hybridized carbons (Fsp3) is 0.100. The molecule has 7 heteroatoms. The Morgan fingerprint density at radius 2 is 2.12 bits per heavy atom. The predicted molar refractivity (Wildman–Crippen MR) is 57.3 cm³/mol. The van der Waals surface area contributed by atoms with Crippen molar-refractivity contribution in [1.82, 2.24) is 14.8 Å². The molecular formula is C10H9N3O4. The second kappa shape index (κ2) is 4.52. The van der Waals surface area contributed by atoms with Crippen molar-refractivity contribution in [2.24, 2.45) is 0 Å². The van der Waals surface area contributed by atoms with E-state index in [1.165, 1.54) is 10.9 Å². The molecule has 2 aromatic rings. The third-order valence-electron chi connectivity index (χ3n) is 2.03. The van der Waals surface area contributed by atoms with Gasteiger partial charge in [-0.25, -0.2) is 19.3 Å². The Balaban J connectivity index is 2.16. The first kappa shape index (κ1) is 10.9. The van der Waals surface area contributed by atoms with E-state index in [0.29, 0.717) is 11.4 Å². The summed E-state index contributed by atoms with van der Waals surface area (Å²) >= 11 is 0. The second-order valence-corrected chi connectivity index (χ2v) is 3.21. The van der Waals surface area contributed by atoms with Crippen molar-refractivity contribution in [2.75, 3.05) is 6.61 Å². The van der Waals surface area contributed by atoms with E-state index in [0.717, 1.165) is 0 Å². The molecule has 0 unspecified atom stereocenters. The first-order valence-electron chi connectivity index (χ1n) is 4.74. The van der Waals surface area contributed by atoms with Gasteiger partial charge in [-0.2, -0.15) is 5.10 Å². The molecule has 0 radical (unpaired) electrons. The molecule has 1 aromatic heterocycles. The van der Waals surface area contributed by atoms with Crippen LogP contribution >= 0.6 is 0 Å². The van der Waals surface area contributed by atoms with Gasteiger partial charge in [-0.3, -0.25) is 0 Å². The van der Waals surface area contributed by atoms with E-state index < -0.39 is 12.6 Å². The molecule has 0 saturated heterocycles. The number of nitrogens with one attached hydrogen (secondary N) is 1. The van der Waals surface area contributed by atoms with Crippen molar-refractivity contribution in [3.63, 3.8) is 0 Å². The zero-order valence-corrected chi connectivity index (χ0v) is 8.66. The molecule has 0 bridgehead atoms. The topological polar surface area (TPSA) is 97.2 Å². The van der Waals surface area contributed by atoms with E-state index >= 15 is 0 Å². The number of carboxylic acids is 1. The molecule has 0 aliphatic carbocycles. The summed E-state index contributed by atoms with van der Waals surface area (Å²) in [5.74, 6) is -0.618. The average molecular weight is 235 g/mol. The smallest absolute Gasteiger partial charge is 0.347 e. The molecule has 0 spiro atoms. The molecule has 0 aliphatic heterocycles. The SMILES string of the molecule is O=C(O)COc1ccc(-n2cn[nH]c2=O)cc1. The molecule has 0 atom stereocenters. The summed E-state index contributed by atoms with van der Waals surface area (Å²) in [5, 5.41) is 14.3. The van der Waals surface area contributed by atoms with Crippen LogP contribution in [0.2, 0.25) is 0 Å². The van der Waals surface area contributed by atoms with Gasteiger partial charge in [0.05, 0.1) is 5.69 Å². The van der Waals surface area contributed by atoms with Crippen molar-refractivity contribution >= 4 is 5.97 Å². The van der Waals surface area contributed by atoms with Crippen LogP contribution in [-0.4, -0.2) is 32.4 Å². The molecule has 7 nitrogen and oxygen atoms in total. The first-order chi connectivity index (χ1) is 8.16. The van der Waals surface area contributed by atoms with E-state index in [4.69, 9.17) is 9.84 Å². The van der Waals surface area contributed by atoms with Crippen LogP contribution < -0.4 is 10.4 Å². The quantitative estimate of drug-likeness (QED) is 0.778. The maximum Gasteiger partial charge on any atom is 0.347 e. The Hall–Kier alpha value is -2.57. The number of carbonyl (C=O) groups is 1. The van der Waals surface area contributed by atoms with Crippen molar-refractivity contribution < 1.29 is 14.6 Å². The summed E-state index contributed by atoms with van der Waals surface area (Å²) < 4.78 is 6.28. The minimum atomic E-state index is -1.04. The van der Waals surface area contributed by atoms with Gasteiger partial charge in [0.1, 0.15) is 12.1 Å². The van der Waals surface area contributed by atoms with Gasteiger partial charge in [0.15, 0.2) is 6.61 Å². The van der Waals surface area contributed by atoms with Crippen molar-refractivity contribution in [1.29, 1.82) is 0 Å². The van der Waals surface area contributed by atoms with Gasteiger partial charge >= 0.3 is 11.7 Å². The number of benzene rings is 1. The number of rotatable bonds is 4. The summed E-state index contributed by atoms with van der Waals surface area (Å²) in [6, 6.07) is 6.43. The van der Waals surface area contributed by atoms with Crippen molar-refractivity contribution in [3.05, 3.63) is 41.1 Å². The molecular weight excluding hydrogens is 226 g/mol. The number of ether oxygens (including phenoxy) is 1. The summed E-state index contributed by atoms with van der Waals surface area (Å²) in [6.07, 6.45) is 1.36. The van der Waals surface area contributed by atoms with E-state index in [1.54, 1.807) is 24.3 Å². The normalized spacial score (nSPS) is 10.1. The van der Waals surface area contributed by atoms with Gasteiger partial charge < -0.3 is 9.84 Å². The van der Waals surface area contributed by atoms with E-state index in [-0.39, 0.29) is 5.69 Å². The maximum absolute atomic E-state index is 11.3. The molecule has 2 rings (SSSR count). The van der Waals surface area contributed by atoms with Gasteiger partial charge in [-0.05, 0) is 24.3 Å². The van der Waals surface area contributed by atoms with Crippen LogP contribution in [0.15, 0.2) is 35.4 Å². The van der Waals surface area contributed by atoms with Crippen LogP contribution in [-0.2, 0) is 4.79 Å². The summed E-state index contributed by atoms with van der Waals surface area (Å²) in [5.41, 5.74) is 0.274. The summed E-state index contributed by atoms with van der Waals surface area (Å²) in [6.45, 7) is -0.398. The Morgan fingerprint density at radius 3 is 2.65 bits per heavy atom. The van der Waals surface area contributed by atoms with Crippen molar-refractivity contribution in [3.8, 4) is 11.4 Å². The number of aromatic amines is 1. The molecule has 1 heterocycles. The van der Waals surface area contributed by atoms with Crippen molar-refractivity contribution in [2.45, 2.75) is 0 Å². The molecule has 88 valence electrons. The fourth-order valence-corrected chi connectivity index (χ4v) is 1.28. The van der Waals surface area contributed by atoms with Gasteiger partial charge in [0.2, 0.25) is 0 Å². The maximum atomic E-state index is 11.3. The number of hydrogen-bond acceptors (Lipinski definition) is 4. The lowest BCUT2D eigenvalue weighted by molar-refractivity contribution is -0.139. The number of nitrogens with zero attached hydrogens (tertiary/aromatic N) is 2. The molecule has 0 fully saturated rings. The third-order valence-corrected chi connectivity index (χ3v) is 2.03. The van der Waals surface area contributed by atoms with Gasteiger partial charge in [0.25, 0.3) is 0 Å². The molecule has 1 aromatic carbocycles. The number of carboxylic acid groups (broad SMARTS) is 1. The predicted octanol–water partition coefficient (Wildman–Crippen LogP) is 0.0240. The van der Waals surface area contributed by atoms with Crippen LogP contribution in [0.3, 0.4) is 0 Å². The van der Waals surface area contributed by atoms with Crippen LogP contribution in [0.25, 0.3) is 5.69 Å². The number of aromatic nitrogens is 3. The molecule has 2 N–H and O–H groups in total. The van der Waals surface area contributed by atoms with Crippen LogP contribution in [0.1, 0.15) is 0 Å². The van der Waals surface area contributed by atoms with Gasteiger partial charge in [-0.1, -0.05) is 0 Å². The zero-order valence-electron chi connectivity index (χ0n) is 8.66. The zero-order chi connectivity index (χ0) is 12.3. The number of hydrogen-bond donors (Lipinski definition) is 2. The van der Waals surface area contributed by atoms with Crippen LogP contribution in [0, 0.1) is 0 Å². The molecule has 17 heavy (non-hydrogen) atoms. The number of H-pyrrole nitrogens is 1. The van der Waals surface area contributed by atoms with E-state index in [9.17, 15) is 9.59 Å². The third kappa shape index (κ3) is 2.51. The minimum Gasteiger partial charge on any atom is -0.482 e. The Labute approximate surface area is 95.3 Å². The fourth-order valence-electron chi connectivity index (χ4n) is 1.28. The van der Waals surface area contributed by atoms with Crippen LogP contribution in [0.5, 0.6) is 5.75 Å². The Kier molecular flexibility index (Phi) is 2.91. The summed E-state index contributed by atoms with van der Waals surface area (Å²) in [7, 11) is 0. The van der Waals surface area contributed by atoms with Crippen LogP contribution in [0.4, 0.5) is 0 Å². The molecule has 0 amide bonds. The highest BCUT2D eigenvalue weighted by atomic mass is 16.5. The Morgan fingerprint density at radius 1 is 1.41 bits per heavy atom. The Bertz CT molecular complexity index is 570. The average Bonchev–Trinajstić information content (AvgIpc) is 2.73. The molecule has 0 saturated carbocycles. The highest BCUT2D eigenvalue weighted by molar-refractivity contribution is 5.68. The largest absolute Gasteiger partial charge is 0.482 e.